The van der Waals surface area contributed by atoms with E-state index in [1.165, 1.54) is 38.2 Å². The van der Waals surface area contributed by atoms with Crippen molar-refractivity contribution in [3.8, 4) is 0 Å². The van der Waals surface area contributed by atoms with Crippen molar-refractivity contribution in [2.75, 3.05) is 40.9 Å². The monoisotopic (exact) mass is 767 g/mol. The summed E-state index contributed by atoms with van der Waals surface area (Å²) in [5.74, 6) is -0.447. The molecule has 0 rings (SSSR count). The van der Waals surface area contributed by atoms with Crippen LogP contribution in [0, 0.1) is 0 Å². The number of hydrogen-bond donors (Lipinski definition) is 6. The van der Waals surface area contributed by atoms with Crippen molar-refractivity contribution in [1.82, 2.24) is 5.32 Å². The summed E-state index contributed by atoms with van der Waals surface area (Å²) in [6.07, 6.45) is 31.7. The van der Waals surface area contributed by atoms with E-state index in [9.17, 15) is 34.7 Å². The van der Waals surface area contributed by atoms with E-state index in [1.807, 2.05) is 40.2 Å². The summed E-state index contributed by atoms with van der Waals surface area (Å²) in [4.78, 5) is 23.0. The molecule has 0 aromatic heterocycles. The summed E-state index contributed by atoms with van der Waals surface area (Å²) >= 11 is 0. The van der Waals surface area contributed by atoms with Gasteiger partial charge in [-0.3, -0.25) is 13.8 Å². The van der Waals surface area contributed by atoms with Crippen LogP contribution in [0.25, 0.3) is 0 Å². The number of carbonyl (C=O) groups excluding carboxylic acids is 1. The van der Waals surface area contributed by atoms with Crippen molar-refractivity contribution >= 4 is 13.7 Å². The van der Waals surface area contributed by atoms with Gasteiger partial charge in [-0.25, -0.2) is 4.57 Å². The topological polar surface area (TPSA) is 166 Å². The molecule has 0 heterocycles. The highest BCUT2D eigenvalue weighted by atomic mass is 31.2. The Hall–Kier alpha value is -2.44. The molecule has 6 N–H and O–H groups in total. The van der Waals surface area contributed by atoms with Gasteiger partial charge in [0.25, 0.3) is 0 Å². The lowest BCUT2D eigenvalue weighted by atomic mass is 10.1. The van der Waals surface area contributed by atoms with E-state index in [-0.39, 0.29) is 25.9 Å². The Morgan fingerprint density at radius 1 is 0.736 bits per heavy atom. The van der Waals surface area contributed by atoms with Crippen LogP contribution >= 0.6 is 7.82 Å². The predicted octanol–water partition coefficient (Wildman–Crippen LogP) is 6.76. The van der Waals surface area contributed by atoms with Gasteiger partial charge in [-0.2, -0.15) is 0 Å². The molecule has 53 heavy (non-hydrogen) atoms. The molecule has 0 saturated carbocycles. The van der Waals surface area contributed by atoms with Gasteiger partial charge in [0.2, 0.25) is 5.91 Å². The van der Waals surface area contributed by atoms with Gasteiger partial charge in [0.15, 0.2) is 0 Å². The van der Waals surface area contributed by atoms with Gasteiger partial charge in [0.1, 0.15) is 13.2 Å². The number of phosphoric ester groups is 1. The van der Waals surface area contributed by atoms with Crippen molar-refractivity contribution < 1.29 is 48.2 Å². The van der Waals surface area contributed by atoms with E-state index < -0.39 is 50.8 Å². The number of amides is 1. The minimum absolute atomic E-state index is 0.0116. The Morgan fingerprint density at radius 2 is 1.38 bits per heavy atom. The van der Waals surface area contributed by atoms with Crippen molar-refractivity contribution in [2.24, 2.45) is 0 Å². The van der Waals surface area contributed by atoms with Crippen LogP contribution < -0.4 is 5.32 Å². The number of aliphatic hydroxyl groups excluding tert-OH is 4. The highest BCUT2D eigenvalue weighted by molar-refractivity contribution is 7.47. The molecule has 0 fully saturated rings. The average Bonchev–Trinajstić information content (AvgIpc) is 3.09. The molecule has 304 valence electrons. The molecule has 0 aromatic rings. The molecular formula is C41H72N2O9P+. The van der Waals surface area contributed by atoms with Gasteiger partial charge in [-0.15, -0.1) is 0 Å². The quantitative estimate of drug-likeness (QED) is 0.0143. The van der Waals surface area contributed by atoms with Crippen LogP contribution in [0.3, 0.4) is 0 Å². The number of rotatable bonds is 32. The highest BCUT2D eigenvalue weighted by Crippen LogP contribution is 2.43. The first kappa shape index (κ1) is 50.6. The predicted molar refractivity (Wildman–Crippen MR) is 216 cm³/mol. The lowest BCUT2D eigenvalue weighted by Gasteiger charge is -2.25. The largest absolute Gasteiger partial charge is 0.472 e. The second-order valence-corrected chi connectivity index (χ2v) is 15.6. The molecule has 1 amide bonds. The fourth-order valence-electron chi connectivity index (χ4n) is 4.69. The van der Waals surface area contributed by atoms with Gasteiger partial charge in [0, 0.05) is 6.42 Å². The first-order chi connectivity index (χ1) is 25.2. The first-order valence-electron chi connectivity index (χ1n) is 19.3. The van der Waals surface area contributed by atoms with Crippen LogP contribution in [0.5, 0.6) is 0 Å². The number of nitrogens with one attached hydrogen (secondary N) is 1. The second kappa shape index (κ2) is 31.9. The van der Waals surface area contributed by atoms with E-state index in [4.69, 9.17) is 9.05 Å². The normalized spacial score (nSPS) is 17.2. The number of phosphoric acid groups is 1. The minimum atomic E-state index is -4.44. The number of aliphatic hydroxyl groups is 4. The number of carbonyl (C=O) groups is 1. The van der Waals surface area contributed by atoms with Crippen molar-refractivity contribution in [3.63, 3.8) is 0 Å². The number of hydrogen-bond acceptors (Lipinski definition) is 8. The fourth-order valence-corrected chi connectivity index (χ4v) is 5.42. The summed E-state index contributed by atoms with van der Waals surface area (Å²) in [5.41, 5.74) is 0. The number of quaternary nitrogens is 1. The number of likely N-dealkylation sites (N-methyl/N-ethyl adjacent to an activating group) is 1. The van der Waals surface area contributed by atoms with Gasteiger partial charge in [-0.05, 0) is 51.4 Å². The minimum Gasteiger partial charge on any atom is -0.390 e. The van der Waals surface area contributed by atoms with Crippen LogP contribution in [-0.4, -0.2) is 107 Å². The molecule has 1 unspecified atom stereocenters. The number of allylic oxidation sites excluding steroid dienone is 10. The molecule has 0 aliphatic rings. The SMILES string of the molecule is CC/C=C\C[C@H](O)/C=C/C=C/C=C\C=C/[C@@H](O)[C@H](O)CCCC(=O)N[C@@H](COP(=O)(O)OCC[N+](C)(C)C)[C@H](O)/C=C/CC/C=C\CCCCCCC. The zero-order chi connectivity index (χ0) is 39.8. The summed E-state index contributed by atoms with van der Waals surface area (Å²) in [5, 5.41) is 44.0. The number of unbranched alkanes of at least 4 members (excludes halogenated alkanes) is 6. The molecule has 0 bridgehead atoms. The third kappa shape index (κ3) is 32.7. The zero-order valence-corrected chi connectivity index (χ0v) is 33.9. The van der Waals surface area contributed by atoms with Crippen LogP contribution in [0.2, 0.25) is 0 Å². The molecule has 12 heteroatoms. The molecule has 0 spiro atoms. The van der Waals surface area contributed by atoms with E-state index in [2.05, 4.69) is 24.4 Å². The molecule has 0 saturated heterocycles. The molecule has 0 aromatic carbocycles. The van der Waals surface area contributed by atoms with Crippen molar-refractivity contribution in [1.29, 1.82) is 0 Å². The standard InChI is InChI=1S/C41H71N2O9P/c1-6-8-10-11-12-13-14-15-16-20-24-29-38(45)37(35-52-53(49,50)51-34-33-43(3,4)5)42-41(48)32-26-31-40(47)39(46)30-25-21-18-17-19-23-28-36(44)27-22-9-7-2/h9,14-15,17-19,21-25,28-30,36-40,44-47H,6-8,10-13,16,20,26-27,31-35H2,1-5H3,(H-,42,48,49,50)/p+1/b15-14-,19-17+,21-18-,22-9-,28-23+,29-24+,30-25-/t36-,37-,38+,39+,40+/m0/s1. The lowest BCUT2D eigenvalue weighted by Crippen LogP contribution is -2.45. The molecule has 11 nitrogen and oxygen atoms in total. The average molecular weight is 768 g/mol. The third-order valence-electron chi connectivity index (χ3n) is 7.94. The lowest BCUT2D eigenvalue weighted by molar-refractivity contribution is -0.870. The Bertz CT molecular complexity index is 1190. The highest BCUT2D eigenvalue weighted by Gasteiger charge is 2.28. The van der Waals surface area contributed by atoms with Crippen LogP contribution in [0.4, 0.5) is 0 Å². The molecule has 6 atom stereocenters. The van der Waals surface area contributed by atoms with E-state index >= 15 is 0 Å². The van der Waals surface area contributed by atoms with E-state index in [0.717, 1.165) is 19.3 Å². The van der Waals surface area contributed by atoms with Crippen LogP contribution in [0.15, 0.2) is 85.1 Å². The first-order valence-corrected chi connectivity index (χ1v) is 20.8. The Balaban J connectivity index is 4.96. The Kier molecular flexibility index (Phi) is 30.4. The molecule has 0 radical (unpaired) electrons. The maximum Gasteiger partial charge on any atom is 0.472 e. The summed E-state index contributed by atoms with van der Waals surface area (Å²) in [6.45, 7) is 4.24. The fraction of sp³-hybridized carbons (Fsp3) is 0.634. The summed E-state index contributed by atoms with van der Waals surface area (Å²) in [7, 11) is 1.31. The zero-order valence-electron chi connectivity index (χ0n) is 33.0. The maximum atomic E-state index is 12.8. The molecule has 0 aliphatic carbocycles. The maximum absolute atomic E-state index is 12.8. The van der Waals surface area contributed by atoms with E-state index in [1.54, 1.807) is 54.7 Å². The van der Waals surface area contributed by atoms with Gasteiger partial charge in [-0.1, -0.05) is 125 Å². The smallest absolute Gasteiger partial charge is 0.390 e. The summed E-state index contributed by atoms with van der Waals surface area (Å²) in [6, 6.07) is -1.03. The molecule has 0 aliphatic heterocycles. The Labute approximate surface area is 320 Å². The van der Waals surface area contributed by atoms with Crippen LogP contribution in [0.1, 0.15) is 97.3 Å². The van der Waals surface area contributed by atoms with Gasteiger partial charge < -0.3 is 35.1 Å². The van der Waals surface area contributed by atoms with Gasteiger partial charge >= 0.3 is 7.82 Å². The summed E-state index contributed by atoms with van der Waals surface area (Å²) < 4.78 is 23.3. The van der Waals surface area contributed by atoms with Gasteiger partial charge in [0.05, 0.1) is 58.2 Å². The second-order valence-electron chi connectivity index (χ2n) is 14.1. The third-order valence-corrected chi connectivity index (χ3v) is 8.93. The van der Waals surface area contributed by atoms with E-state index in [0.29, 0.717) is 23.9 Å². The number of nitrogens with zero attached hydrogens (tertiary/aromatic N) is 1. The molecular weight excluding hydrogens is 695 g/mol. The van der Waals surface area contributed by atoms with Crippen molar-refractivity contribution in [3.05, 3.63) is 85.1 Å². The van der Waals surface area contributed by atoms with Crippen molar-refractivity contribution in [2.45, 2.75) is 128 Å². The Morgan fingerprint density at radius 3 is 2.06 bits per heavy atom. The van der Waals surface area contributed by atoms with Crippen LogP contribution in [-0.2, 0) is 18.4 Å².